The number of carbonyl (C=O) groups excluding carboxylic acids is 1. The lowest BCUT2D eigenvalue weighted by Gasteiger charge is -2.28. The Kier molecular flexibility index (Phi) is 3.82. The van der Waals surface area contributed by atoms with E-state index in [-0.39, 0.29) is 17.9 Å². The summed E-state index contributed by atoms with van der Waals surface area (Å²) < 4.78 is 3.68. The first-order chi connectivity index (χ1) is 11.6. The zero-order chi connectivity index (χ0) is 16.7. The van der Waals surface area contributed by atoms with Crippen LogP contribution in [0.15, 0.2) is 6.20 Å². The van der Waals surface area contributed by atoms with Crippen LogP contribution in [-0.4, -0.2) is 47.3 Å². The van der Waals surface area contributed by atoms with Gasteiger partial charge in [0.25, 0.3) is 0 Å². The summed E-state index contributed by atoms with van der Waals surface area (Å²) in [6, 6.07) is 0.172. The van der Waals surface area contributed by atoms with Gasteiger partial charge in [-0.1, -0.05) is 0 Å². The molecule has 2 aliphatic rings. The second-order valence-electron chi connectivity index (χ2n) is 6.88. The number of aryl methyl sites for hydroxylation is 4. The van der Waals surface area contributed by atoms with Gasteiger partial charge in [0, 0.05) is 44.2 Å². The van der Waals surface area contributed by atoms with Crippen LogP contribution in [0.2, 0.25) is 0 Å². The van der Waals surface area contributed by atoms with E-state index in [1.54, 1.807) is 0 Å². The van der Waals surface area contributed by atoms with Gasteiger partial charge in [0.1, 0.15) is 0 Å². The topological polar surface area (TPSA) is 81.7 Å². The second kappa shape index (κ2) is 5.99. The van der Waals surface area contributed by atoms with Crippen LogP contribution < -0.4 is 0 Å². The highest BCUT2D eigenvalue weighted by Gasteiger charge is 2.36. The number of amides is 1. The van der Waals surface area contributed by atoms with Gasteiger partial charge in [0.15, 0.2) is 5.82 Å². The number of carbonyl (C=O) groups is 1. The molecule has 0 radical (unpaired) electrons. The number of aromatic nitrogens is 6. The lowest BCUT2D eigenvalue weighted by atomic mass is 9.97. The summed E-state index contributed by atoms with van der Waals surface area (Å²) in [5.41, 5.74) is 2.22. The zero-order valence-electron chi connectivity index (χ0n) is 14.2. The molecule has 8 heteroatoms. The van der Waals surface area contributed by atoms with Crippen molar-refractivity contribution in [1.29, 1.82) is 0 Å². The third-order valence-electron chi connectivity index (χ3n) is 5.31. The molecule has 1 saturated heterocycles. The van der Waals surface area contributed by atoms with Gasteiger partial charge >= 0.3 is 0 Å². The Hall–Kier alpha value is -2.25. The highest BCUT2D eigenvalue weighted by atomic mass is 16.2. The van der Waals surface area contributed by atoms with Crippen molar-refractivity contribution < 1.29 is 4.79 Å². The average molecular weight is 329 g/mol. The molecule has 0 N–H and O–H groups in total. The molecule has 8 nitrogen and oxygen atoms in total. The predicted molar refractivity (Wildman–Crippen MR) is 85.9 cm³/mol. The van der Waals surface area contributed by atoms with Crippen molar-refractivity contribution in [2.75, 3.05) is 6.54 Å². The third-order valence-corrected chi connectivity index (χ3v) is 5.31. The molecular formula is C16H23N7O. The minimum absolute atomic E-state index is 0.0473. The SMILES string of the molecule is Cc1nn(C)cc1C1CCCN1C(=O)C1CCc2nnnn2CC1. The van der Waals surface area contributed by atoms with Crippen LogP contribution in [0.4, 0.5) is 0 Å². The van der Waals surface area contributed by atoms with Crippen LogP contribution in [0, 0.1) is 12.8 Å². The van der Waals surface area contributed by atoms with Crippen molar-refractivity contribution in [2.24, 2.45) is 13.0 Å². The zero-order valence-corrected chi connectivity index (χ0v) is 14.2. The highest BCUT2D eigenvalue weighted by Crippen LogP contribution is 2.35. The second-order valence-corrected chi connectivity index (χ2v) is 6.88. The number of hydrogen-bond donors (Lipinski definition) is 0. The van der Waals surface area contributed by atoms with E-state index in [0.29, 0.717) is 0 Å². The summed E-state index contributed by atoms with van der Waals surface area (Å²) in [5.74, 6) is 1.22. The Morgan fingerprint density at radius 1 is 1.25 bits per heavy atom. The first-order valence-corrected chi connectivity index (χ1v) is 8.69. The van der Waals surface area contributed by atoms with Crippen molar-refractivity contribution in [2.45, 2.75) is 51.6 Å². The molecule has 0 saturated carbocycles. The minimum Gasteiger partial charge on any atom is -0.335 e. The number of tetrazole rings is 1. The molecule has 2 unspecified atom stereocenters. The molecule has 4 rings (SSSR count). The van der Waals surface area contributed by atoms with Gasteiger partial charge in [-0.2, -0.15) is 5.10 Å². The van der Waals surface area contributed by atoms with Gasteiger partial charge in [0.05, 0.1) is 11.7 Å². The fourth-order valence-corrected chi connectivity index (χ4v) is 4.08. The number of fused-ring (bicyclic) bond motifs is 1. The van der Waals surface area contributed by atoms with Crippen molar-refractivity contribution in [1.82, 2.24) is 34.9 Å². The van der Waals surface area contributed by atoms with Crippen LogP contribution in [0.3, 0.4) is 0 Å². The summed E-state index contributed by atoms with van der Waals surface area (Å²) in [6.45, 7) is 3.60. The van der Waals surface area contributed by atoms with Crippen LogP contribution in [-0.2, 0) is 24.8 Å². The van der Waals surface area contributed by atoms with Gasteiger partial charge in [-0.25, -0.2) is 4.68 Å². The maximum atomic E-state index is 13.2. The van der Waals surface area contributed by atoms with E-state index >= 15 is 0 Å². The van der Waals surface area contributed by atoms with E-state index in [1.165, 1.54) is 5.56 Å². The average Bonchev–Trinajstić information content (AvgIpc) is 3.25. The number of hydrogen-bond acceptors (Lipinski definition) is 5. The van der Waals surface area contributed by atoms with Crippen molar-refractivity contribution in [3.8, 4) is 0 Å². The molecule has 0 bridgehead atoms. The molecule has 4 heterocycles. The van der Waals surface area contributed by atoms with E-state index < -0.39 is 0 Å². The van der Waals surface area contributed by atoms with Gasteiger partial charge in [0.2, 0.25) is 5.91 Å². The lowest BCUT2D eigenvalue weighted by molar-refractivity contribution is -0.137. The van der Waals surface area contributed by atoms with E-state index in [4.69, 9.17) is 0 Å². The monoisotopic (exact) mass is 329 g/mol. The van der Waals surface area contributed by atoms with E-state index in [1.807, 2.05) is 23.3 Å². The Labute approximate surface area is 140 Å². The smallest absolute Gasteiger partial charge is 0.226 e. The fraction of sp³-hybridized carbons (Fsp3) is 0.688. The van der Waals surface area contributed by atoms with E-state index in [9.17, 15) is 4.79 Å². The molecule has 2 atom stereocenters. The van der Waals surface area contributed by atoms with Crippen LogP contribution in [0.1, 0.15) is 48.8 Å². The molecule has 0 spiro atoms. The maximum absolute atomic E-state index is 13.2. The molecule has 24 heavy (non-hydrogen) atoms. The quantitative estimate of drug-likeness (QED) is 0.822. The van der Waals surface area contributed by atoms with E-state index in [0.717, 1.165) is 56.7 Å². The van der Waals surface area contributed by atoms with E-state index in [2.05, 4.69) is 31.7 Å². The molecule has 0 aliphatic carbocycles. The molecular weight excluding hydrogens is 306 g/mol. The van der Waals surface area contributed by atoms with Crippen molar-refractivity contribution in [3.05, 3.63) is 23.3 Å². The molecule has 0 aromatic carbocycles. The summed E-state index contributed by atoms with van der Waals surface area (Å²) in [7, 11) is 1.94. The normalized spacial score (nSPS) is 24.0. The largest absolute Gasteiger partial charge is 0.335 e. The summed E-state index contributed by atoms with van der Waals surface area (Å²) >= 11 is 0. The fourth-order valence-electron chi connectivity index (χ4n) is 4.08. The van der Waals surface area contributed by atoms with Crippen LogP contribution in [0.25, 0.3) is 0 Å². The van der Waals surface area contributed by atoms with Crippen LogP contribution in [0.5, 0.6) is 0 Å². The first-order valence-electron chi connectivity index (χ1n) is 8.69. The molecule has 1 amide bonds. The van der Waals surface area contributed by atoms with Crippen molar-refractivity contribution in [3.63, 3.8) is 0 Å². The van der Waals surface area contributed by atoms with Gasteiger partial charge in [-0.3, -0.25) is 9.48 Å². The molecule has 2 aromatic heterocycles. The molecule has 2 aromatic rings. The minimum atomic E-state index is 0.0473. The van der Waals surface area contributed by atoms with Gasteiger partial charge in [-0.15, -0.1) is 5.10 Å². The first kappa shape index (κ1) is 15.3. The highest BCUT2D eigenvalue weighted by molar-refractivity contribution is 5.79. The van der Waals surface area contributed by atoms with Gasteiger partial charge < -0.3 is 4.90 Å². The lowest BCUT2D eigenvalue weighted by Crippen LogP contribution is -2.36. The standard InChI is InChI=1S/C16H23N7O/c1-11-13(10-21(2)18-11)14-4-3-8-22(14)16(24)12-5-6-15-17-19-20-23(15)9-7-12/h10,12,14H,3-9H2,1-2H3. The molecule has 1 fully saturated rings. The molecule has 2 aliphatic heterocycles. The van der Waals surface area contributed by atoms with Crippen LogP contribution >= 0.6 is 0 Å². The third kappa shape index (κ3) is 2.59. The predicted octanol–water partition coefficient (Wildman–Crippen LogP) is 1.03. The number of rotatable bonds is 2. The Morgan fingerprint density at radius 2 is 2.12 bits per heavy atom. The van der Waals surface area contributed by atoms with Crippen molar-refractivity contribution >= 4 is 5.91 Å². The summed E-state index contributed by atoms with van der Waals surface area (Å²) in [6.07, 6.45) is 6.56. The number of likely N-dealkylation sites (tertiary alicyclic amines) is 1. The maximum Gasteiger partial charge on any atom is 0.226 e. The Morgan fingerprint density at radius 3 is 2.92 bits per heavy atom. The Balaban J connectivity index is 1.51. The Bertz CT molecular complexity index is 727. The molecule has 128 valence electrons. The summed E-state index contributed by atoms with van der Waals surface area (Å²) in [4.78, 5) is 15.2. The van der Waals surface area contributed by atoms with Gasteiger partial charge in [-0.05, 0) is 43.0 Å². The summed E-state index contributed by atoms with van der Waals surface area (Å²) in [5, 5.41) is 16.2. The number of nitrogens with zero attached hydrogens (tertiary/aromatic N) is 7.